The Morgan fingerprint density at radius 2 is 1.86 bits per heavy atom. The lowest BCUT2D eigenvalue weighted by Gasteiger charge is -2.13. The van der Waals surface area contributed by atoms with Gasteiger partial charge >= 0.3 is 6.18 Å². The molecule has 0 aliphatic heterocycles. The molecule has 0 fully saturated rings. The van der Waals surface area contributed by atoms with E-state index in [1.165, 1.54) is 13.0 Å². The van der Waals surface area contributed by atoms with Crippen LogP contribution < -0.4 is 5.73 Å². The predicted molar refractivity (Wildman–Crippen MR) is 50.0 cm³/mol. The lowest BCUT2D eigenvalue weighted by atomic mass is 10.0. The second-order valence-corrected chi connectivity index (χ2v) is 3.22. The largest absolute Gasteiger partial charge is 0.416 e. The molecule has 0 spiro atoms. The Bertz CT molecular complexity index is 342. The van der Waals surface area contributed by atoms with Crippen LogP contribution in [0.2, 0.25) is 0 Å². The van der Waals surface area contributed by atoms with Crippen LogP contribution in [0, 0.1) is 6.92 Å². The van der Waals surface area contributed by atoms with Crippen molar-refractivity contribution < 1.29 is 13.2 Å². The molecule has 78 valence electrons. The summed E-state index contributed by atoms with van der Waals surface area (Å²) >= 11 is 0. The van der Waals surface area contributed by atoms with Gasteiger partial charge in [-0.15, -0.1) is 0 Å². The smallest absolute Gasteiger partial charge is 0.398 e. The summed E-state index contributed by atoms with van der Waals surface area (Å²) in [7, 11) is 0. The predicted octanol–water partition coefficient (Wildman–Crippen LogP) is 3.16. The third-order valence-corrected chi connectivity index (χ3v) is 2.17. The van der Waals surface area contributed by atoms with Crippen LogP contribution in [0.4, 0.5) is 18.9 Å². The van der Waals surface area contributed by atoms with Gasteiger partial charge < -0.3 is 5.73 Å². The van der Waals surface area contributed by atoms with Crippen molar-refractivity contribution in [2.24, 2.45) is 0 Å². The summed E-state index contributed by atoms with van der Waals surface area (Å²) < 4.78 is 37.4. The van der Waals surface area contributed by atoms with E-state index in [2.05, 4.69) is 0 Å². The summed E-state index contributed by atoms with van der Waals surface area (Å²) in [6, 6.07) is 2.51. The number of rotatable bonds is 1. The third-order valence-electron chi connectivity index (χ3n) is 2.17. The highest BCUT2D eigenvalue weighted by atomic mass is 19.4. The fourth-order valence-corrected chi connectivity index (χ4v) is 1.39. The molecule has 0 radical (unpaired) electrons. The molecule has 0 aromatic heterocycles. The van der Waals surface area contributed by atoms with Gasteiger partial charge in [-0.05, 0) is 36.6 Å². The van der Waals surface area contributed by atoms with Gasteiger partial charge in [-0.2, -0.15) is 13.2 Å². The first-order valence-corrected chi connectivity index (χ1v) is 4.32. The minimum absolute atomic E-state index is 0.173. The maximum Gasteiger partial charge on any atom is 0.416 e. The number of hydrogen-bond donors (Lipinski definition) is 1. The van der Waals surface area contributed by atoms with E-state index in [-0.39, 0.29) is 5.56 Å². The van der Waals surface area contributed by atoms with Crippen LogP contribution in [-0.4, -0.2) is 0 Å². The van der Waals surface area contributed by atoms with Crippen molar-refractivity contribution in [1.82, 2.24) is 0 Å². The zero-order valence-corrected chi connectivity index (χ0v) is 8.07. The highest BCUT2D eigenvalue weighted by Gasteiger charge is 2.32. The quantitative estimate of drug-likeness (QED) is 0.697. The summed E-state index contributed by atoms with van der Waals surface area (Å²) in [5, 5.41) is 0. The Kier molecular flexibility index (Phi) is 2.73. The van der Waals surface area contributed by atoms with Gasteiger partial charge in [0, 0.05) is 5.69 Å². The Morgan fingerprint density at radius 1 is 1.29 bits per heavy atom. The van der Waals surface area contributed by atoms with Gasteiger partial charge in [0.05, 0.1) is 5.56 Å². The molecule has 0 aliphatic carbocycles. The summed E-state index contributed by atoms with van der Waals surface area (Å²) in [6.07, 6.45) is -3.78. The average molecular weight is 203 g/mol. The van der Waals surface area contributed by atoms with Crippen LogP contribution in [0.15, 0.2) is 12.1 Å². The second-order valence-electron chi connectivity index (χ2n) is 3.22. The average Bonchev–Trinajstić information content (AvgIpc) is 2.02. The number of hydrogen-bond acceptors (Lipinski definition) is 1. The van der Waals surface area contributed by atoms with Crippen molar-refractivity contribution in [3.63, 3.8) is 0 Å². The highest BCUT2D eigenvalue weighted by Crippen LogP contribution is 2.34. The van der Waals surface area contributed by atoms with Crippen LogP contribution >= 0.6 is 0 Å². The maximum atomic E-state index is 12.5. The first-order valence-electron chi connectivity index (χ1n) is 4.32. The molecule has 1 nitrogen and oxygen atoms in total. The van der Waals surface area contributed by atoms with Crippen molar-refractivity contribution in [3.05, 3.63) is 28.8 Å². The standard InChI is InChI=1S/C10H12F3N/c1-3-7-5-8(10(11,12)13)6(2)4-9(7)14/h4-5H,3,14H2,1-2H3. The molecule has 0 saturated carbocycles. The van der Waals surface area contributed by atoms with E-state index in [1.54, 1.807) is 6.92 Å². The number of anilines is 1. The fourth-order valence-electron chi connectivity index (χ4n) is 1.39. The molecule has 4 heteroatoms. The fraction of sp³-hybridized carbons (Fsp3) is 0.400. The van der Waals surface area contributed by atoms with Crippen LogP contribution in [0.3, 0.4) is 0 Å². The van der Waals surface area contributed by atoms with E-state index in [0.717, 1.165) is 6.07 Å². The molecule has 1 aromatic rings. The van der Waals surface area contributed by atoms with Crippen molar-refractivity contribution in [1.29, 1.82) is 0 Å². The number of benzene rings is 1. The van der Waals surface area contributed by atoms with Gasteiger partial charge in [0.2, 0.25) is 0 Å². The summed E-state index contributed by atoms with van der Waals surface area (Å²) in [5.41, 5.74) is 6.13. The molecule has 0 bridgehead atoms. The van der Waals surface area contributed by atoms with E-state index in [9.17, 15) is 13.2 Å². The molecule has 1 aromatic carbocycles. The molecule has 0 amide bonds. The zero-order chi connectivity index (χ0) is 10.9. The molecule has 14 heavy (non-hydrogen) atoms. The van der Waals surface area contributed by atoms with Gasteiger partial charge in [-0.3, -0.25) is 0 Å². The SMILES string of the molecule is CCc1cc(C(F)(F)F)c(C)cc1N. The van der Waals surface area contributed by atoms with Crippen molar-refractivity contribution in [2.75, 3.05) is 5.73 Å². The van der Waals surface area contributed by atoms with Crippen LogP contribution in [0.5, 0.6) is 0 Å². The Morgan fingerprint density at radius 3 is 2.29 bits per heavy atom. The lowest BCUT2D eigenvalue weighted by molar-refractivity contribution is -0.138. The number of nitrogens with two attached hydrogens (primary N) is 1. The number of halogens is 3. The first-order chi connectivity index (χ1) is 6.36. The summed E-state index contributed by atoms with van der Waals surface area (Å²) in [4.78, 5) is 0. The molecular weight excluding hydrogens is 191 g/mol. The van der Waals surface area contributed by atoms with Crippen LogP contribution in [0.1, 0.15) is 23.6 Å². The van der Waals surface area contributed by atoms with Gasteiger partial charge in [-0.1, -0.05) is 6.92 Å². The first kappa shape index (κ1) is 10.9. The molecule has 0 saturated heterocycles. The Hall–Kier alpha value is -1.19. The zero-order valence-electron chi connectivity index (χ0n) is 8.07. The Labute approximate surface area is 80.7 Å². The lowest BCUT2D eigenvalue weighted by Crippen LogP contribution is -2.09. The van der Waals surface area contributed by atoms with Crippen LogP contribution in [-0.2, 0) is 12.6 Å². The molecule has 0 atom stereocenters. The third kappa shape index (κ3) is 2.00. The van der Waals surface area contributed by atoms with Gasteiger partial charge in [0.1, 0.15) is 0 Å². The van der Waals surface area contributed by atoms with E-state index >= 15 is 0 Å². The Balaban J connectivity index is 3.32. The highest BCUT2D eigenvalue weighted by molar-refractivity contribution is 5.52. The minimum Gasteiger partial charge on any atom is -0.398 e. The van der Waals surface area contributed by atoms with Crippen molar-refractivity contribution in [3.8, 4) is 0 Å². The number of nitrogen functional groups attached to an aromatic ring is 1. The second kappa shape index (κ2) is 3.52. The normalized spacial score (nSPS) is 11.8. The van der Waals surface area contributed by atoms with Crippen LogP contribution in [0.25, 0.3) is 0 Å². The van der Waals surface area contributed by atoms with Crippen molar-refractivity contribution >= 4 is 5.69 Å². The van der Waals surface area contributed by atoms with E-state index < -0.39 is 11.7 Å². The van der Waals surface area contributed by atoms with E-state index in [4.69, 9.17) is 5.73 Å². The van der Waals surface area contributed by atoms with Gasteiger partial charge in [0.15, 0.2) is 0 Å². The number of aryl methyl sites for hydroxylation is 2. The molecular formula is C10H12F3N. The maximum absolute atomic E-state index is 12.5. The molecule has 0 unspecified atom stereocenters. The summed E-state index contributed by atoms with van der Waals surface area (Å²) in [5.74, 6) is 0. The minimum atomic E-state index is -4.29. The molecule has 1 rings (SSSR count). The molecule has 0 aliphatic rings. The topological polar surface area (TPSA) is 26.0 Å². The van der Waals surface area contributed by atoms with Crippen molar-refractivity contribution in [2.45, 2.75) is 26.4 Å². The van der Waals surface area contributed by atoms with E-state index in [1.807, 2.05) is 0 Å². The monoisotopic (exact) mass is 203 g/mol. The summed E-state index contributed by atoms with van der Waals surface area (Å²) in [6.45, 7) is 3.19. The number of alkyl halides is 3. The molecule has 2 N–H and O–H groups in total. The van der Waals surface area contributed by atoms with E-state index in [0.29, 0.717) is 17.7 Å². The van der Waals surface area contributed by atoms with Gasteiger partial charge in [-0.25, -0.2) is 0 Å². The molecule has 0 heterocycles. The van der Waals surface area contributed by atoms with Gasteiger partial charge in [0.25, 0.3) is 0 Å².